The van der Waals surface area contributed by atoms with E-state index in [-0.39, 0.29) is 11.6 Å². The molecule has 14 heavy (non-hydrogen) atoms. The number of rotatable bonds is 2. The SMILES string of the molecule is C/C=C/C(=O)Nc1c(F)cccc1Br. The molecule has 0 saturated carbocycles. The first kappa shape index (κ1) is 10.9. The van der Waals surface area contributed by atoms with Gasteiger partial charge in [0.05, 0.1) is 5.69 Å². The Kier molecular flexibility index (Phi) is 3.83. The fourth-order valence-corrected chi connectivity index (χ4v) is 1.37. The molecule has 0 aliphatic rings. The highest BCUT2D eigenvalue weighted by atomic mass is 79.9. The maximum atomic E-state index is 13.2. The van der Waals surface area contributed by atoms with E-state index in [1.165, 1.54) is 12.1 Å². The van der Waals surface area contributed by atoms with Gasteiger partial charge in [0.2, 0.25) is 5.91 Å². The molecule has 0 heterocycles. The molecule has 4 heteroatoms. The van der Waals surface area contributed by atoms with Gasteiger partial charge >= 0.3 is 0 Å². The van der Waals surface area contributed by atoms with Crippen LogP contribution in [0.5, 0.6) is 0 Å². The van der Waals surface area contributed by atoms with Gasteiger partial charge < -0.3 is 5.32 Å². The summed E-state index contributed by atoms with van der Waals surface area (Å²) in [6, 6.07) is 4.51. The molecule has 0 radical (unpaired) electrons. The van der Waals surface area contributed by atoms with Crippen molar-refractivity contribution in [2.45, 2.75) is 6.92 Å². The van der Waals surface area contributed by atoms with Gasteiger partial charge in [0.25, 0.3) is 0 Å². The van der Waals surface area contributed by atoms with Crippen molar-refractivity contribution in [1.29, 1.82) is 0 Å². The minimum Gasteiger partial charge on any atom is -0.319 e. The zero-order chi connectivity index (χ0) is 10.6. The van der Waals surface area contributed by atoms with Gasteiger partial charge in [-0.15, -0.1) is 0 Å². The van der Waals surface area contributed by atoms with Gasteiger partial charge in [0, 0.05) is 4.47 Å². The Morgan fingerprint density at radius 2 is 2.29 bits per heavy atom. The molecule has 74 valence electrons. The molecule has 0 aliphatic heterocycles. The molecule has 1 amide bonds. The number of benzene rings is 1. The number of carbonyl (C=O) groups is 1. The molecule has 0 fully saturated rings. The Morgan fingerprint density at radius 3 is 2.86 bits per heavy atom. The number of carbonyl (C=O) groups excluding carboxylic acids is 1. The summed E-state index contributed by atoms with van der Waals surface area (Å²) in [4.78, 5) is 11.1. The first-order valence-corrected chi connectivity index (χ1v) is 4.82. The standard InChI is InChI=1S/C10H9BrFNO/c1-2-4-9(14)13-10-7(11)5-3-6-8(10)12/h2-6H,1H3,(H,13,14)/b4-2+. The van der Waals surface area contributed by atoms with Crippen LogP contribution in [0, 0.1) is 5.82 Å². The van der Waals surface area contributed by atoms with Crippen molar-refractivity contribution in [3.63, 3.8) is 0 Å². The second-order valence-electron chi connectivity index (χ2n) is 2.59. The van der Waals surface area contributed by atoms with Crippen LogP contribution in [0.3, 0.4) is 0 Å². The molecule has 1 aromatic rings. The van der Waals surface area contributed by atoms with Crippen LogP contribution in [-0.4, -0.2) is 5.91 Å². The van der Waals surface area contributed by atoms with Gasteiger partial charge in [-0.1, -0.05) is 12.1 Å². The third kappa shape index (κ3) is 2.67. The normalized spacial score (nSPS) is 10.5. The van der Waals surface area contributed by atoms with E-state index in [9.17, 15) is 9.18 Å². The predicted octanol–water partition coefficient (Wildman–Crippen LogP) is 3.10. The lowest BCUT2D eigenvalue weighted by atomic mass is 10.3. The maximum absolute atomic E-state index is 13.2. The lowest BCUT2D eigenvalue weighted by Gasteiger charge is -2.05. The van der Waals surface area contributed by atoms with Crippen LogP contribution in [0.15, 0.2) is 34.8 Å². The zero-order valence-electron chi connectivity index (χ0n) is 7.55. The molecular formula is C10H9BrFNO. The Morgan fingerprint density at radius 1 is 1.57 bits per heavy atom. The summed E-state index contributed by atoms with van der Waals surface area (Å²) in [5.74, 6) is -0.810. The van der Waals surface area contributed by atoms with Crippen LogP contribution in [-0.2, 0) is 4.79 Å². The fraction of sp³-hybridized carbons (Fsp3) is 0.100. The summed E-state index contributed by atoms with van der Waals surface area (Å²) in [7, 11) is 0. The summed E-state index contributed by atoms with van der Waals surface area (Å²) < 4.78 is 13.7. The minimum absolute atomic E-state index is 0.163. The third-order valence-electron chi connectivity index (χ3n) is 1.53. The third-order valence-corrected chi connectivity index (χ3v) is 2.19. The van der Waals surface area contributed by atoms with E-state index in [4.69, 9.17) is 0 Å². The second kappa shape index (κ2) is 4.91. The Labute approximate surface area is 89.9 Å². The van der Waals surface area contributed by atoms with Gasteiger partial charge in [-0.3, -0.25) is 4.79 Å². The number of para-hydroxylation sites is 1. The first-order valence-electron chi connectivity index (χ1n) is 4.03. The van der Waals surface area contributed by atoms with Gasteiger partial charge in [-0.05, 0) is 41.1 Å². The molecule has 0 aliphatic carbocycles. The van der Waals surface area contributed by atoms with E-state index in [0.717, 1.165) is 0 Å². The number of hydrogen-bond donors (Lipinski definition) is 1. The largest absolute Gasteiger partial charge is 0.319 e. The molecule has 0 unspecified atom stereocenters. The molecular weight excluding hydrogens is 249 g/mol. The van der Waals surface area contributed by atoms with E-state index in [1.807, 2.05) is 0 Å². The smallest absolute Gasteiger partial charge is 0.248 e. The number of nitrogens with one attached hydrogen (secondary N) is 1. The molecule has 0 saturated heterocycles. The van der Waals surface area contributed by atoms with Gasteiger partial charge in [0.15, 0.2) is 0 Å². The topological polar surface area (TPSA) is 29.1 Å². The van der Waals surface area contributed by atoms with Crippen LogP contribution in [0.25, 0.3) is 0 Å². The molecule has 1 rings (SSSR count). The molecule has 0 aromatic heterocycles. The van der Waals surface area contributed by atoms with Crippen molar-refractivity contribution in [3.8, 4) is 0 Å². The molecule has 0 spiro atoms. The highest BCUT2D eigenvalue weighted by Gasteiger charge is 2.07. The average Bonchev–Trinajstić information content (AvgIpc) is 2.12. The summed E-state index contributed by atoms with van der Waals surface area (Å²) >= 11 is 3.15. The van der Waals surface area contributed by atoms with Crippen LogP contribution in [0.1, 0.15) is 6.92 Å². The van der Waals surface area contributed by atoms with Crippen molar-refractivity contribution >= 4 is 27.5 Å². The van der Waals surface area contributed by atoms with Crippen LogP contribution in [0.2, 0.25) is 0 Å². The van der Waals surface area contributed by atoms with Crippen molar-refractivity contribution < 1.29 is 9.18 Å². The number of amides is 1. The van der Waals surface area contributed by atoms with Crippen LogP contribution < -0.4 is 5.32 Å². The predicted molar refractivity (Wildman–Crippen MR) is 57.5 cm³/mol. The lowest BCUT2D eigenvalue weighted by Crippen LogP contribution is -2.09. The maximum Gasteiger partial charge on any atom is 0.248 e. The number of hydrogen-bond acceptors (Lipinski definition) is 1. The lowest BCUT2D eigenvalue weighted by molar-refractivity contribution is -0.111. The van der Waals surface area contributed by atoms with E-state index >= 15 is 0 Å². The molecule has 0 atom stereocenters. The van der Waals surface area contributed by atoms with Crippen molar-refractivity contribution in [1.82, 2.24) is 0 Å². The fourth-order valence-electron chi connectivity index (χ4n) is 0.933. The Balaban J connectivity index is 2.91. The highest BCUT2D eigenvalue weighted by molar-refractivity contribution is 9.10. The van der Waals surface area contributed by atoms with Crippen molar-refractivity contribution in [3.05, 3.63) is 40.6 Å². The summed E-state index contributed by atoms with van der Waals surface area (Å²) in [5, 5.41) is 2.43. The number of allylic oxidation sites excluding steroid dienone is 1. The Hall–Kier alpha value is -1.16. The van der Waals surface area contributed by atoms with Crippen LogP contribution in [0.4, 0.5) is 10.1 Å². The highest BCUT2D eigenvalue weighted by Crippen LogP contribution is 2.24. The quantitative estimate of drug-likeness (QED) is 0.811. The van der Waals surface area contributed by atoms with Crippen LogP contribution >= 0.6 is 15.9 Å². The summed E-state index contributed by atoms with van der Waals surface area (Å²) in [5.41, 5.74) is 0.163. The number of halogens is 2. The second-order valence-corrected chi connectivity index (χ2v) is 3.44. The Bertz CT molecular complexity index is 356. The van der Waals surface area contributed by atoms with Crippen molar-refractivity contribution in [2.75, 3.05) is 5.32 Å². The van der Waals surface area contributed by atoms with E-state index in [0.29, 0.717) is 4.47 Å². The van der Waals surface area contributed by atoms with E-state index in [2.05, 4.69) is 21.2 Å². The molecule has 1 aromatic carbocycles. The van der Waals surface area contributed by atoms with Crippen molar-refractivity contribution in [2.24, 2.45) is 0 Å². The van der Waals surface area contributed by atoms with Gasteiger partial charge in [0.1, 0.15) is 5.82 Å². The summed E-state index contributed by atoms with van der Waals surface area (Å²) in [6.07, 6.45) is 2.92. The van der Waals surface area contributed by atoms with E-state index < -0.39 is 5.82 Å². The minimum atomic E-state index is -0.461. The average molecular weight is 258 g/mol. The van der Waals surface area contributed by atoms with Gasteiger partial charge in [-0.2, -0.15) is 0 Å². The molecule has 0 bridgehead atoms. The molecule has 2 nitrogen and oxygen atoms in total. The zero-order valence-corrected chi connectivity index (χ0v) is 9.14. The van der Waals surface area contributed by atoms with E-state index in [1.54, 1.807) is 25.1 Å². The first-order chi connectivity index (χ1) is 6.65. The van der Waals surface area contributed by atoms with Gasteiger partial charge in [-0.25, -0.2) is 4.39 Å². The number of anilines is 1. The molecule has 1 N–H and O–H groups in total. The monoisotopic (exact) mass is 257 g/mol. The summed E-state index contributed by atoms with van der Waals surface area (Å²) in [6.45, 7) is 1.72.